The Hall–Kier alpha value is -1.29. The summed E-state index contributed by atoms with van der Waals surface area (Å²) in [6, 6.07) is 4.14. The van der Waals surface area contributed by atoms with Crippen molar-refractivity contribution in [1.29, 1.82) is 0 Å². The van der Waals surface area contributed by atoms with Crippen molar-refractivity contribution in [3.63, 3.8) is 0 Å². The molecule has 96 valence electrons. The molecule has 4 heteroatoms. The first kappa shape index (κ1) is 13.8. The SMILES string of the molecule is Cc1ccc(C(C)NCC(=O)N(C)C(C)C)o1. The molecule has 0 aromatic carbocycles. The average molecular weight is 238 g/mol. The molecule has 1 N–H and O–H groups in total. The quantitative estimate of drug-likeness (QED) is 0.854. The molecule has 4 nitrogen and oxygen atoms in total. The minimum atomic E-state index is 0.0493. The first-order valence-corrected chi connectivity index (χ1v) is 5.97. The summed E-state index contributed by atoms with van der Waals surface area (Å²) >= 11 is 0. The number of nitrogens with zero attached hydrogens (tertiary/aromatic N) is 1. The normalized spacial score (nSPS) is 12.8. The molecule has 1 atom stereocenters. The van der Waals surface area contributed by atoms with E-state index in [-0.39, 0.29) is 18.0 Å². The Bertz CT molecular complexity index is 371. The fraction of sp³-hybridized carbons (Fsp3) is 0.615. The molecule has 0 spiro atoms. The van der Waals surface area contributed by atoms with Crippen LogP contribution in [-0.4, -0.2) is 30.4 Å². The van der Waals surface area contributed by atoms with Crippen molar-refractivity contribution in [2.24, 2.45) is 0 Å². The van der Waals surface area contributed by atoms with Crippen molar-refractivity contribution >= 4 is 5.91 Å². The maximum absolute atomic E-state index is 11.8. The van der Waals surface area contributed by atoms with E-state index in [1.807, 2.05) is 46.9 Å². The van der Waals surface area contributed by atoms with Crippen molar-refractivity contribution in [1.82, 2.24) is 10.2 Å². The molecular weight excluding hydrogens is 216 g/mol. The van der Waals surface area contributed by atoms with Crippen LogP contribution in [0.15, 0.2) is 16.5 Å². The van der Waals surface area contributed by atoms with Gasteiger partial charge >= 0.3 is 0 Å². The lowest BCUT2D eigenvalue weighted by molar-refractivity contribution is -0.130. The summed E-state index contributed by atoms with van der Waals surface area (Å²) in [6.45, 7) is 8.22. The zero-order valence-corrected chi connectivity index (χ0v) is 11.3. The highest BCUT2D eigenvalue weighted by Crippen LogP contribution is 2.15. The second-order valence-electron chi connectivity index (χ2n) is 4.65. The zero-order valence-electron chi connectivity index (χ0n) is 11.3. The van der Waals surface area contributed by atoms with Crippen LogP contribution in [0.1, 0.15) is 38.3 Å². The van der Waals surface area contributed by atoms with E-state index in [0.717, 1.165) is 11.5 Å². The number of furan rings is 1. The fourth-order valence-corrected chi connectivity index (χ4v) is 1.44. The molecule has 0 fully saturated rings. The molecule has 0 saturated heterocycles. The number of carbonyl (C=O) groups excluding carboxylic acids is 1. The lowest BCUT2D eigenvalue weighted by Gasteiger charge is -2.22. The van der Waals surface area contributed by atoms with E-state index in [1.54, 1.807) is 4.90 Å². The van der Waals surface area contributed by atoms with Crippen molar-refractivity contribution in [2.45, 2.75) is 39.8 Å². The third-order valence-corrected chi connectivity index (χ3v) is 2.92. The molecule has 0 aliphatic carbocycles. The average Bonchev–Trinajstić information content (AvgIpc) is 2.71. The number of hydrogen-bond donors (Lipinski definition) is 1. The van der Waals surface area contributed by atoms with Crippen LogP contribution < -0.4 is 5.32 Å². The monoisotopic (exact) mass is 238 g/mol. The summed E-state index contributed by atoms with van der Waals surface area (Å²) < 4.78 is 5.50. The molecule has 0 aliphatic rings. The fourth-order valence-electron chi connectivity index (χ4n) is 1.44. The van der Waals surface area contributed by atoms with Crippen LogP contribution in [0.25, 0.3) is 0 Å². The van der Waals surface area contributed by atoms with Gasteiger partial charge < -0.3 is 9.32 Å². The maximum atomic E-state index is 11.8. The minimum absolute atomic E-state index is 0.0493. The summed E-state index contributed by atoms with van der Waals surface area (Å²) in [7, 11) is 1.82. The highest BCUT2D eigenvalue weighted by molar-refractivity contribution is 5.78. The van der Waals surface area contributed by atoms with Crippen LogP contribution in [0.2, 0.25) is 0 Å². The predicted molar refractivity (Wildman–Crippen MR) is 67.8 cm³/mol. The van der Waals surface area contributed by atoms with Crippen LogP contribution in [-0.2, 0) is 4.79 Å². The van der Waals surface area contributed by atoms with Crippen LogP contribution in [0.3, 0.4) is 0 Å². The van der Waals surface area contributed by atoms with Gasteiger partial charge in [0.25, 0.3) is 0 Å². The van der Waals surface area contributed by atoms with Gasteiger partial charge in [-0.2, -0.15) is 0 Å². The van der Waals surface area contributed by atoms with Gasteiger partial charge in [-0.3, -0.25) is 10.1 Å². The molecule has 1 aromatic heterocycles. The van der Waals surface area contributed by atoms with Crippen molar-refractivity contribution in [3.05, 3.63) is 23.7 Å². The summed E-state index contributed by atoms with van der Waals surface area (Å²) in [5.74, 6) is 1.84. The number of amides is 1. The molecule has 17 heavy (non-hydrogen) atoms. The summed E-state index contributed by atoms with van der Waals surface area (Å²) in [6.07, 6.45) is 0. The third-order valence-electron chi connectivity index (χ3n) is 2.92. The zero-order chi connectivity index (χ0) is 13.0. The molecule has 0 radical (unpaired) electrons. The Morgan fingerprint density at radius 2 is 2.06 bits per heavy atom. The van der Waals surface area contributed by atoms with Gasteiger partial charge in [-0.15, -0.1) is 0 Å². The van der Waals surface area contributed by atoms with Crippen molar-refractivity contribution < 1.29 is 9.21 Å². The molecule has 0 saturated carbocycles. The van der Waals surface area contributed by atoms with Crippen LogP contribution >= 0.6 is 0 Å². The van der Waals surface area contributed by atoms with Gasteiger partial charge in [0.2, 0.25) is 5.91 Å². The number of rotatable bonds is 5. The largest absolute Gasteiger partial charge is 0.465 e. The molecular formula is C13H22N2O2. The third kappa shape index (κ3) is 3.89. The second-order valence-corrected chi connectivity index (χ2v) is 4.65. The molecule has 1 amide bonds. The summed E-state index contributed by atoms with van der Waals surface area (Å²) in [4.78, 5) is 13.5. The number of likely N-dealkylation sites (N-methyl/N-ethyl adjacent to an activating group) is 1. The van der Waals surface area contributed by atoms with Crippen LogP contribution in [0, 0.1) is 6.92 Å². The lowest BCUT2D eigenvalue weighted by atomic mass is 10.2. The summed E-state index contributed by atoms with van der Waals surface area (Å²) in [5.41, 5.74) is 0. The van der Waals surface area contributed by atoms with Crippen LogP contribution in [0.5, 0.6) is 0 Å². The Balaban J connectivity index is 2.43. The molecule has 1 heterocycles. The first-order chi connectivity index (χ1) is 7.91. The van der Waals surface area contributed by atoms with Gasteiger partial charge in [0.05, 0.1) is 12.6 Å². The van der Waals surface area contributed by atoms with Gasteiger partial charge in [0, 0.05) is 13.1 Å². The smallest absolute Gasteiger partial charge is 0.236 e. The first-order valence-electron chi connectivity index (χ1n) is 5.97. The standard InChI is InChI=1S/C13H22N2O2/c1-9(2)15(5)13(16)8-14-11(4)12-7-6-10(3)17-12/h6-7,9,11,14H,8H2,1-5H3. The van der Waals surface area contributed by atoms with Crippen molar-refractivity contribution in [2.75, 3.05) is 13.6 Å². The van der Waals surface area contributed by atoms with E-state index in [4.69, 9.17) is 4.42 Å². The number of hydrogen-bond acceptors (Lipinski definition) is 3. The van der Waals surface area contributed by atoms with Crippen LogP contribution in [0.4, 0.5) is 0 Å². The summed E-state index contributed by atoms with van der Waals surface area (Å²) in [5, 5.41) is 3.16. The Kier molecular flexibility index (Phi) is 4.75. The van der Waals surface area contributed by atoms with Gasteiger partial charge in [0.15, 0.2) is 0 Å². The molecule has 1 rings (SSSR count). The predicted octanol–water partition coefficient (Wildman–Crippen LogP) is 2.11. The van der Waals surface area contributed by atoms with Gasteiger partial charge in [0.1, 0.15) is 11.5 Å². The van der Waals surface area contributed by atoms with Gasteiger partial charge in [-0.25, -0.2) is 0 Å². The van der Waals surface area contributed by atoms with E-state index < -0.39 is 0 Å². The van der Waals surface area contributed by atoms with Gasteiger partial charge in [-0.05, 0) is 39.8 Å². The molecule has 0 bridgehead atoms. The Morgan fingerprint density at radius 1 is 1.41 bits per heavy atom. The Morgan fingerprint density at radius 3 is 2.53 bits per heavy atom. The highest BCUT2D eigenvalue weighted by Gasteiger charge is 2.14. The molecule has 1 aromatic rings. The van der Waals surface area contributed by atoms with E-state index in [2.05, 4.69) is 5.32 Å². The second kappa shape index (κ2) is 5.87. The highest BCUT2D eigenvalue weighted by atomic mass is 16.3. The number of aryl methyl sites for hydroxylation is 1. The topological polar surface area (TPSA) is 45.5 Å². The van der Waals surface area contributed by atoms with E-state index in [1.165, 1.54) is 0 Å². The number of nitrogens with one attached hydrogen (secondary N) is 1. The minimum Gasteiger partial charge on any atom is -0.465 e. The maximum Gasteiger partial charge on any atom is 0.236 e. The molecule has 1 unspecified atom stereocenters. The lowest BCUT2D eigenvalue weighted by Crippen LogP contribution is -2.40. The van der Waals surface area contributed by atoms with E-state index >= 15 is 0 Å². The van der Waals surface area contributed by atoms with E-state index in [0.29, 0.717) is 6.54 Å². The Labute approximate surface area is 103 Å². The van der Waals surface area contributed by atoms with E-state index in [9.17, 15) is 4.79 Å². The molecule has 0 aliphatic heterocycles. The van der Waals surface area contributed by atoms with Gasteiger partial charge in [-0.1, -0.05) is 0 Å². The van der Waals surface area contributed by atoms with Crippen molar-refractivity contribution in [3.8, 4) is 0 Å². The number of carbonyl (C=O) groups is 1.